The average molecular weight is 379 g/mol. The SMILES string of the molecule is COc1ccc(C)cc1C(=O)NC(C)(CBr)CBr. The fourth-order valence-electron chi connectivity index (χ4n) is 1.44. The van der Waals surface area contributed by atoms with Gasteiger partial charge in [0.15, 0.2) is 0 Å². The van der Waals surface area contributed by atoms with E-state index in [1.165, 1.54) is 0 Å². The van der Waals surface area contributed by atoms with Crippen molar-refractivity contribution in [3.63, 3.8) is 0 Å². The van der Waals surface area contributed by atoms with Gasteiger partial charge in [0.25, 0.3) is 5.91 Å². The van der Waals surface area contributed by atoms with Crippen LogP contribution in [0.5, 0.6) is 5.75 Å². The van der Waals surface area contributed by atoms with Gasteiger partial charge in [-0.1, -0.05) is 43.5 Å². The fourth-order valence-corrected chi connectivity index (χ4v) is 2.65. The van der Waals surface area contributed by atoms with Gasteiger partial charge in [0.1, 0.15) is 5.75 Å². The molecule has 1 rings (SSSR count). The molecule has 0 unspecified atom stereocenters. The summed E-state index contributed by atoms with van der Waals surface area (Å²) in [5.74, 6) is 0.460. The van der Waals surface area contributed by atoms with Crippen molar-refractivity contribution in [3.8, 4) is 5.75 Å². The molecule has 0 fully saturated rings. The molecular weight excluding hydrogens is 362 g/mol. The number of rotatable bonds is 5. The Bertz CT molecular complexity index is 431. The summed E-state index contributed by atoms with van der Waals surface area (Å²) in [5, 5.41) is 4.34. The van der Waals surface area contributed by atoms with E-state index in [4.69, 9.17) is 4.74 Å². The lowest BCUT2D eigenvalue weighted by Crippen LogP contribution is -2.49. The molecular formula is C13H17Br2NO2. The summed E-state index contributed by atoms with van der Waals surface area (Å²) in [6.07, 6.45) is 0. The molecule has 1 aromatic rings. The van der Waals surface area contributed by atoms with Gasteiger partial charge in [-0.15, -0.1) is 0 Å². The molecule has 3 nitrogen and oxygen atoms in total. The third-order valence-electron chi connectivity index (χ3n) is 2.60. The molecule has 0 aliphatic heterocycles. The highest BCUT2D eigenvalue weighted by molar-refractivity contribution is 9.09. The normalized spacial score (nSPS) is 11.2. The number of hydrogen-bond donors (Lipinski definition) is 1. The number of alkyl halides is 2. The van der Waals surface area contributed by atoms with Gasteiger partial charge in [-0.25, -0.2) is 0 Å². The summed E-state index contributed by atoms with van der Waals surface area (Å²) in [4.78, 5) is 12.3. The zero-order chi connectivity index (χ0) is 13.8. The zero-order valence-electron chi connectivity index (χ0n) is 10.7. The molecule has 100 valence electrons. The van der Waals surface area contributed by atoms with E-state index < -0.39 is 0 Å². The average Bonchev–Trinajstić information content (AvgIpc) is 2.38. The molecule has 0 radical (unpaired) electrons. The van der Waals surface area contributed by atoms with Gasteiger partial charge < -0.3 is 10.1 Å². The number of amides is 1. The number of aryl methyl sites for hydroxylation is 1. The highest BCUT2D eigenvalue weighted by Gasteiger charge is 2.25. The highest BCUT2D eigenvalue weighted by atomic mass is 79.9. The van der Waals surface area contributed by atoms with Crippen LogP contribution in [0.25, 0.3) is 0 Å². The van der Waals surface area contributed by atoms with E-state index in [-0.39, 0.29) is 11.4 Å². The summed E-state index contributed by atoms with van der Waals surface area (Å²) in [5.41, 5.74) is 1.26. The molecule has 0 aliphatic carbocycles. The number of ether oxygens (including phenoxy) is 1. The molecule has 0 heterocycles. The van der Waals surface area contributed by atoms with E-state index in [0.717, 1.165) is 5.56 Å². The van der Waals surface area contributed by atoms with E-state index in [1.54, 1.807) is 7.11 Å². The van der Waals surface area contributed by atoms with Crippen molar-refractivity contribution in [2.24, 2.45) is 0 Å². The summed E-state index contributed by atoms with van der Waals surface area (Å²) in [6.45, 7) is 3.92. The second-order valence-electron chi connectivity index (χ2n) is 4.49. The quantitative estimate of drug-likeness (QED) is 0.798. The van der Waals surface area contributed by atoms with Crippen LogP contribution in [0.3, 0.4) is 0 Å². The van der Waals surface area contributed by atoms with E-state index >= 15 is 0 Å². The van der Waals surface area contributed by atoms with Crippen LogP contribution in [0.15, 0.2) is 18.2 Å². The lowest BCUT2D eigenvalue weighted by atomic mass is 10.1. The van der Waals surface area contributed by atoms with Crippen molar-refractivity contribution in [1.82, 2.24) is 5.32 Å². The molecule has 0 spiro atoms. The molecule has 0 saturated heterocycles. The van der Waals surface area contributed by atoms with Crippen molar-refractivity contribution in [2.75, 3.05) is 17.8 Å². The fraction of sp³-hybridized carbons (Fsp3) is 0.462. The molecule has 1 amide bonds. The number of nitrogens with one attached hydrogen (secondary N) is 1. The Balaban J connectivity index is 3.00. The predicted octanol–water partition coefficient (Wildman–Crippen LogP) is 3.28. The summed E-state index contributed by atoms with van der Waals surface area (Å²) in [6, 6.07) is 5.56. The monoisotopic (exact) mass is 377 g/mol. The maximum atomic E-state index is 12.3. The van der Waals surface area contributed by atoms with Crippen LogP contribution in [0, 0.1) is 6.92 Å². The minimum Gasteiger partial charge on any atom is -0.496 e. The third-order valence-corrected chi connectivity index (χ3v) is 5.08. The molecule has 1 N–H and O–H groups in total. The topological polar surface area (TPSA) is 38.3 Å². The summed E-state index contributed by atoms with van der Waals surface area (Å²) in [7, 11) is 1.57. The van der Waals surface area contributed by atoms with E-state index in [1.807, 2.05) is 32.0 Å². The van der Waals surface area contributed by atoms with Crippen molar-refractivity contribution in [2.45, 2.75) is 19.4 Å². The molecule has 0 atom stereocenters. The Morgan fingerprint density at radius 2 is 2.00 bits per heavy atom. The molecule has 0 aliphatic rings. The summed E-state index contributed by atoms with van der Waals surface area (Å²) >= 11 is 6.81. The van der Waals surface area contributed by atoms with Crippen molar-refractivity contribution in [3.05, 3.63) is 29.3 Å². The molecule has 0 saturated carbocycles. The van der Waals surface area contributed by atoms with Crippen LogP contribution in [-0.4, -0.2) is 29.2 Å². The van der Waals surface area contributed by atoms with E-state index in [2.05, 4.69) is 37.2 Å². The van der Waals surface area contributed by atoms with Crippen LogP contribution in [0.1, 0.15) is 22.8 Å². The third kappa shape index (κ3) is 3.72. The Kier molecular flexibility index (Phi) is 5.66. The van der Waals surface area contributed by atoms with Gasteiger partial charge in [0, 0.05) is 10.7 Å². The first kappa shape index (κ1) is 15.5. The van der Waals surface area contributed by atoms with Crippen molar-refractivity contribution < 1.29 is 9.53 Å². The molecule has 0 aromatic heterocycles. The number of methoxy groups -OCH3 is 1. The van der Waals surface area contributed by atoms with Gasteiger partial charge in [-0.05, 0) is 26.0 Å². The van der Waals surface area contributed by atoms with Gasteiger partial charge in [-0.3, -0.25) is 4.79 Å². The van der Waals surface area contributed by atoms with Crippen LogP contribution in [-0.2, 0) is 0 Å². The predicted molar refractivity (Wildman–Crippen MR) is 81.2 cm³/mol. The summed E-state index contributed by atoms with van der Waals surface area (Å²) < 4.78 is 5.22. The Labute approximate surface area is 125 Å². The number of carbonyl (C=O) groups excluding carboxylic acids is 1. The van der Waals surface area contributed by atoms with Crippen LogP contribution in [0.2, 0.25) is 0 Å². The number of carbonyl (C=O) groups is 1. The first-order valence-corrected chi connectivity index (χ1v) is 7.79. The maximum absolute atomic E-state index is 12.3. The van der Waals surface area contributed by atoms with Gasteiger partial charge >= 0.3 is 0 Å². The largest absolute Gasteiger partial charge is 0.496 e. The minimum absolute atomic E-state index is 0.128. The van der Waals surface area contributed by atoms with Crippen LogP contribution in [0.4, 0.5) is 0 Å². The minimum atomic E-state index is -0.328. The Morgan fingerprint density at radius 1 is 1.39 bits per heavy atom. The van der Waals surface area contributed by atoms with Crippen molar-refractivity contribution in [1.29, 1.82) is 0 Å². The first-order chi connectivity index (χ1) is 8.45. The van der Waals surface area contributed by atoms with E-state index in [9.17, 15) is 4.79 Å². The highest BCUT2D eigenvalue weighted by Crippen LogP contribution is 2.21. The number of hydrogen-bond acceptors (Lipinski definition) is 2. The van der Waals surface area contributed by atoms with E-state index in [0.29, 0.717) is 22.0 Å². The first-order valence-electron chi connectivity index (χ1n) is 5.55. The van der Waals surface area contributed by atoms with Crippen LogP contribution >= 0.6 is 31.9 Å². The second kappa shape index (κ2) is 6.57. The number of benzene rings is 1. The lowest BCUT2D eigenvalue weighted by molar-refractivity contribution is 0.0920. The molecule has 18 heavy (non-hydrogen) atoms. The zero-order valence-corrected chi connectivity index (χ0v) is 13.9. The van der Waals surface area contributed by atoms with Gasteiger partial charge in [0.05, 0.1) is 18.2 Å². The Hall–Kier alpha value is -0.550. The molecule has 5 heteroatoms. The van der Waals surface area contributed by atoms with Crippen LogP contribution < -0.4 is 10.1 Å². The van der Waals surface area contributed by atoms with Crippen molar-refractivity contribution >= 4 is 37.8 Å². The van der Waals surface area contributed by atoms with Gasteiger partial charge in [-0.2, -0.15) is 0 Å². The molecule has 1 aromatic carbocycles. The lowest BCUT2D eigenvalue weighted by Gasteiger charge is -2.26. The Morgan fingerprint density at radius 3 is 2.50 bits per heavy atom. The second-order valence-corrected chi connectivity index (χ2v) is 5.61. The smallest absolute Gasteiger partial charge is 0.255 e. The number of halogens is 2. The molecule has 0 bridgehead atoms. The standard InChI is InChI=1S/C13H17Br2NO2/c1-9-4-5-11(18-3)10(6-9)12(17)16-13(2,7-14)8-15/h4-6H,7-8H2,1-3H3,(H,16,17). The van der Waals surface area contributed by atoms with Gasteiger partial charge in [0.2, 0.25) is 0 Å². The maximum Gasteiger partial charge on any atom is 0.255 e.